The summed E-state index contributed by atoms with van der Waals surface area (Å²) in [7, 11) is 0. The van der Waals surface area contributed by atoms with Gasteiger partial charge in [0.05, 0.1) is 12.2 Å². The number of rotatable bonds is 7. The van der Waals surface area contributed by atoms with E-state index < -0.39 is 0 Å². The Morgan fingerprint density at radius 3 is 2.67 bits per heavy atom. The molecule has 0 bridgehead atoms. The van der Waals surface area contributed by atoms with Crippen molar-refractivity contribution in [2.75, 3.05) is 6.54 Å². The Bertz CT molecular complexity index is 288. The van der Waals surface area contributed by atoms with Crippen LogP contribution in [0.1, 0.15) is 59.3 Å². The number of unbranched alkanes of at least 4 members (excludes halogenated alkanes) is 1. The highest BCUT2D eigenvalue weighted by Gasteiger charge is 2.39. The van der Waals surface area contributed by atoms with Gasteiger partial charge in [0.2, 0.25) is 5.91 Å². The average Bonchev–Trinajstić information content (AvgIpc) is 3.16. The smallest absolute Gasteiger partial charge is 0.241 e. The zero-order valence-corrected chi connectivity index (χ0v) is 12.1. The number of carbonyl (C=O) groups is 1. The topological polar surface area (TPSA) is 32.3 Å². The quantitative estimate of drug-likeness (QED) is 0.755. The summed E-state index contributed by atoms with van der Waals surface area (Å²) >= 11 is 0. The summed E-state index contributed by atoms with van der Waals surface area (Å²) in [6.45, 7) is 7.61. The number of nitrogens with one attached hydrogen (secondary N) is 1. The Morgan fingerprint density at radius 1 is 1.39 bits per heavy atom. The van der Waals surface area contributed by atoms with Gasteiger partial charge in [-0.3, -0.25) is 10.1 Å². The third kappa shape index (κ3) is 3.05. The van der Waals surface area contributed by atoms with Crippen LogP contribution in [0, 0.1) is 11.8 Å². The SMILES string of the molecule is CCCCC1NC(CC)N(CC(C)C2CC2)C1=O. The second kappa shape index (κ2) is 6.05. The van der Waals surface area contributed by atoms with Gasteiger partial charge in [0.15, 0.2) is 0 Å². The first-order chi connectivity index (χ1) is 8.67. The van der Waals surface area contributed by atoms with Crippen molar-refractivity contribution in [2.24, 2.45) is 11.8 Å². The van der Waals surface area contributed by atoms with Crippen molar-refractivity contribution >= 4 is 5.91 Å². The summed E-state index contributed by atoms with van der Waals surface area (Å²) in [5, 5.41) is 3.52. The predicted octanol–water partition coefficient (Wildman–Crippen LogP) is 2.76. The minimum Gasteiger partial charge on any atom is -0.326 e. The number of hydrogen-bond acceptors (Lipinski definition) is 2. The number of hydrogen-bond donors (Lipinski definition) is 1. The van der Waals surface area contributed by atoms with E-state index in [1.54, 1.807) is 0 Å². The fourth-order valence-electron chi connectivity index (χ4n) is 3.04. The summed E-state index contributed by atoms with van der Waals surface area (Å²) in [5.41, 5.74) is 0. The molecule has 3 nitrogen and oxygen atoms in total. The van der Waals surface area contributed by atoms with Crippen molar-refractivity contribution in [1.82, 2.24) is 10.2 Å². The molecule has 0 aromatic heterocycles. The van der Waals surface area contributed by atoms with Crippen LogP contribution in [0.25, 0.3) is 0 Å². The van der Waals surface area contributed by atoms with Gasteiger partial charge in [-0.05, 0) is 37.5 Å². The lowest BCUT2D eigenvalue weighted by atomic mass is 10.1. The zero-order valence-electron chi connectivity index (χ0n) is 12.1. The normalized spacial score (nSPS) is 29.9. The maximum atomic E-state index is 12.4. The van der Waals surface area contributed by atoms with Gasteiger partial charge in [-0.2, -0.15) is 0 Å². The second-order valence-corrected chi connectivity index (χ2v) is 6.09. The summed E-state index contributed by atoms with van der Waals surface area (Å²) in [6.07, 6.45) is 7.35. The Hall–Kier alpha value is -0.570. The molecule has 104 valence electrons. The summed E-state index contributed by atoms with van der Waals surface area (Å²) < 4.78 is 0. The van der Waals surface area contributed by atoms with Crippen molar-refractivity contribution in [2.45, 2.75) is 71.5 Å². The molecule has 1 aliphatic heterocycles. The molecule has 1 saturated heterocycles. The van der Waals surface area contributed by atoms with Crippen LogP contribution < -0.4 is 5.32 Å². The predicted molar refractivity (Wildman–Crippen MR) is 74.1 cm³/mol. The molecule has 0 radical (unpaired) electrons. The average molecular weight is 252 g/mol. The van der Waals surface area contributed by atoms with Crippen LogP contribution in [0.4, 0.5) is 0 Å². The molecule has 0 spiro atoms. The van der Waals surface area contributed by atoms with Crippen molar-refractivity contribution in [3.05, 3.63) is 0 Å². The molecule has 1 heterocycles. The molecule has 1 saturated carbocycles. The first-order valence-electron chi connectivity index (χ1n) is 7.73. The summed E-state index contributed by atoms with van der Waals surface area (Å²) in [6, 6.07) is 0.0845. The molecule has 1 aliphatic carbocycles. The number of nitrogens with zero attached hydrogens (tertiary/aromatic N) is 1. The largest absolute Gasteiger partial charge is 0.326 e. The molecule has 3 atom stereocenters. The van der Waals surface area contributed by atoms with Gasteiger partial charge in [-0.1, -0.05) is 33.6 Å². The zero-order chi connectivity index (χ0) is 13.1. The maximum absolute atomic E-state index is 12.4. The monoisotopic (exact) mass is 252 g/mol. The molecular weight excluding hydrogens is 224 g/mol. The maximum Gasteiger partial charge on any atom is 0.241 e. The van der Waals surface area contributed by atoms with Crippen molar-refractivity contribution in [1.29, 1.82) is 0 Å². The molecule has 3 unspecified atom stereocenters. The van der Waals surface area contributed by atoms with Crippen LogP contribution in [0.2, 0.25) is 0 Å². The second-order valence-electron chi connectivity index (χ2n) is 6.09. The first-order valence-corrected chi connectivity index (χ1v) is 7.73. The summed E-state index contributed by atoms with van der Waals surface area (Å²) in [5.74, 6) is 1.91. The van der Waals surface area contributed by atoms with Crippen LogP contribution in [0.15, 0.2) is 0 Å². The van der Waals surface area contributed by atoms with Crippen LogP contribution in [-0.2, 0) is 4.79 Å². The lowest BCUT2D eigenvalue weighted by Crippen LogP contribution is -2.39. The Kier molecular flexibility index (Phi) is 4.66. The van der Waals surface area contributed by atoms with Crippen molar-refractivity contribution in [3.8, 4) is 0 Å². The van der Waals surface area contributed by atoms with E-state index in [4.69, 9.17) is 0 Å². The van der Waals surface area contributed by atoms with Gasteiger partial charge in [0.1, 0.15) is 0 Å². The molecule has 3 heteroatoms. The lowest BCUT2D eigenvalue weighted by molar-refractivity contribution is -0.130. The fourth-order valence-corrected chi connectivity index (χ4v) is 3.04. The van der Waals surface area contributed by atoms with E-state index in [1.807, 2.05) is 0 Å². The molecule has 2 rings (SSSR count). The highest BCUT2D eigenvalue weighted by molar-refractivity contribution is 5.84. The van der Waals surface area contributed by atoms with E-state index >= 15 is 0 Å². The van der Waals surface area contributed by atoms with Gasteiger partial charge in [-0.25, -0.2) is 0 Å². The Labute approximate surface area is 111 Å². The van der Waals surface area contributed by atoms with Gasteiger partial charge in [0.25, 0.3) is 0 Å². The van der Waals surface area contributed by atoms with Gasteiger partial charge < -0.3 is 4.90 Å². The lowest BCUT2D eigenvalue weighted by Gasteiger charge is -2.26. The minimum atomic E-state index is 0.0845. The molecule has 2 fully saturated rings. The summed E-state index contributed by atoms with van der Waals surface area (Å²) in [4.78, 5) is 14.5. The molecule has 18 heavy (non-hydrogen) atoms. The molecule has 0 aromatic rings. The highest BCUT2D eigenvalue weighted by atomic mass is 16.2. The highest BCUT2D eigenvalue weighted by Crippen LogP contribution is 2.37. The Morgan fingerprint density at radius 2 is 2.11 bits per heavy atom. The molecule has 2 aliphatic rings. The van der Waals surface area contributed by atoms with E-state index in [1.165, 1.54) is 19.3 Å². The number of carbonyl (C=O) groups excluding carboxylic acids is 1. The third-order valence-electron chi connectivity index (χ3n) is 4.50. The van der Waals surface area contributed by atoms with E-state index in [2.05, 4.69) is 31.0 Å². The first kappa shape index (κ1) is 13.9. The number of amides is 1. The molecule has 1 N–H and O–H groups in total. The van der Waals surface area contributed by atoms with Gasteiger partial charge in [-0.15, -0.1) is 0 Å². The minimum absolute atomic E-state index is 0.0845. The van der Waals surface area contributed by atoms with E-state index in [0.29, 0.717) is 11.8 Å². The van der Waals surface area contributed by atoms with Gasteiger partial charge in [0, 0.05) is 6.54 Å². The van der Waals surface area contributed by atoms with Crippen molar-refractivity contribution in [3.63, 3.8) is 0 Å². The van der Waals surface area contributed by atoms with E-state index in [-0.39, 0.29) is 12.2 Å². The van der Waals surface area contributed by atoms with Gasteiger partial charge >= 0.3 is 0 Å². The van der Waals surface area contributed by atoms with E-state index in [9.17, 15) is 4.79 Å². The van der Waals surface area contributed by atoms with Crippen LogP contribution in [0.5, 0.6) is 0 Å². The molecule has 1 amide bonds. The van der Waals surface area contributed by atoms with Crippen LogP contribution in [-0.4, -0.2) is 29.6 Å². The fraction of sp³-hybridized carbons (Fsp3) is 0.933. The molecular formula is C15H28N2O. The Balaban J connectivity index is 1.91. The van der Waals surface area contributed by atoms with Crippen LogP contribution in [0.3, 0.4) is 0 Å². The van der Waals surface area contributed by atoms with Crippen molar-refractivity contribution < 1.29 is 4.79 Å². The standard InChI is InChI=1S/C15H28N2O/c1-4-6-7-13-15(18)17(14(5-2)16-13)10-11(3)12-8-9-12/h11-14,16H,4-10H2,1-3H3. The third-order valence-corrected chi connectivity index (χ3v) is 4.50. The van der Waals surface area contributed by atoms with Crippen LogP contribution >= 0.6 is 0 Å². The van der Waals surface area contributed by atoms with E-state index in [0.717, 1.165) is 31.7 Å². The molecule has 0 aromatic carbocycles.